The number of aromatic nitrogens is 1. The fourth-order valence-electron chi connectivity index (χ4n) is 3.25. The van der Waals surface area contributed by atoms with Crippen molar-refractivity contribution in [2.45, 2.75) is 32.7 Å². The first kappa shape index (κ1) is 15.7. The van der Waals surface area contributed by atoms with E-state index in [0.29, 0.717) is 12.0 Å². The second kappa shape index (κ2) is 6.50. The van der Waals surface area contributed by atoms with Gasteiger partial charge < -0.3 is 10.6 Å². The molecule has 2 aromatic rings. The van der Waals surface area contributed by atoms with E-state index in [0.717, 1.165) is 35.4 Å². The maximum absolute atomic E-state index is 11.0. The van der Waals surface area contributed by atoms with Crippen molar-refractivity contribution in [2.75, 3.05) is 18.4 Å². The van der Waals surface area contributed by atoms with Gasteiger partial charge in [-0.15, -0.1) is 0 Å². The van der Waals surface area contributed by atoms with Crippen LogP contribution in [-0.2, 0) is 0 Å². The number of nitro groups is 1. The van der Waals surface area contributed by atoms with Crippen LogP contribution in [0.25, 0.3) is 10.9 Å². The van der Waals surface area contributed by atoms with Crippen LogP contribution in [0.4, 0.5) is 11.4 Å². The minimum atomic E-state index is -0.364. The Morgan fingerprint density at radius 2 is 2.26 bits per heavy atom. The van der Waals surface area contributed by atoms with Crippen LogP contribution in [0.5, 0.6) is 0 Å². The number of nitrogens with zero attached hydrogens (tertiary/aromatic N) is 2. The lowest BCUT2D eigenvalue weighted by molar-refractivity contribution is -0.384. The number of hydrogen-bond acceptors (Lipinski definition) is 5. The van der Waals surface area contributed by atoms with Gasteiger partial charge in [0.25, 0.3) is 5.69 Å². The van der Waals surface area contributed by atoms with E-state index >= 15 is 0 Å². The van der Waals surface area contributed by atoms with Crippen molar-refractivity contribution in [1.29, 1.82) is 0 Å². The molecule has 6 heteroatoms. The van der Waals surface area contributed by atoms with Crippen molar-refractivity contribution in [3.63, 3.8) is 0 Å². The Kier molecular flexibility index (Phi) is 4.43. The molecule has 2 heterocycles. The molecule has 23 heavy (non-hydrogen) atoms. The summed E-state index contributed by atoms with van der Waals surface area (Å²) in [7, 11) is 0. The van der Waals surface area contributed by atoms with Crippen molar-refractivity contribution in [3.8, 4) is 0 Å². The average molecular weight is 314 g/mol. The van der Waals surface area contributed by atoms with Crippen LogP contribution in [0, 0.1) is 23.0 Å². The van der Waals surface area contributed by atoms with E-state index in [9.17, 15) is 10.1 Å². The summed E-state index contributed by atoms with van der Waals surface area (Å²) in [6.45, 7) is 6.22. The highest BCUT2D eigenvalue weighted by molar-refractivity contribution is 5.93. The normalized spacial score (nSPS) is 19.5. The van der Waals surface area contributed by atoms with Gasteiger partial charge in [-0.25, -0.2) is 0 Å². The molecule has 1 fully saturated rings. The molecule has 1 aliphatic rings. The van der Waals surface area contributed by atoms with Gasteiger partial charge >= 0.3 is 0 Å². The molecule has 1 aromatic heterocycles. The topological polar surface area (TPSA) is 80.1 Å². The third kappa shape index (κ3) is 3.42. The standard InChI is InChI=1S/C17H22N4O2/c1-11-8-17(20-12(2)13-4-3-7-18-10-13)15-9-14(21(22)23)5-6-16(15)19-11/h5-6,8-9,12-13,18H,3-4,7,10H2,1-2H3,(H,19,20). The fraction of sp³-hybridized carbons (Fsp3) is 0.471. The molecule has 2 atom stereocenters. The molecular formula is C17H22N4O2. The Morgan fingerprint density at radius 1 is 1.43 bits per heavy atom. The minimum absolute atomic E-state index is 0.0955. The lowest BCUT2D eigenvalue weighted by Crippen LogP contribution is -2.38. The number of nitrogens with one attached hydrogen (secondary N) is 2. The first-order chi connectivity index (χ1) is 11.0. The quantitative estimate of drug-likeness (QED) is 0.669. The largest absolute Gasteiger partial charge is 0.382 e. The molecule has 2 N–H and O–H groups in total. The Labute approximate surface area is 135 Å². The van der Waals surface area contributed by atoms with Gasteiger partial charge in [-0.3, -0.25) is 15.1 Å². The van der Waals surface area contributed by atoms with Crippen LogP contribution in [0.2, 0.25) is 0 Å². The lowest BCUT2D eigenvalue weighted by atomic mass is 9.92. The second-order valence-electron chi connectivity index (χ2n) is 6.31. The summed E-state index contributed by atoms with van der Waals surface area (Å²) in [6.07, 6.45) is 2.39. The molecule has 0 radical (unpaired) electrons. The minimum Gasteiger partial charge on any atom is -0.382 e. The summed E-state index contributed by atoms with van der Waals surface area (Å²) in [5, 5.41) is 18.8. The van der Waals surface area contributed by atoms with Gasteiger partial charge in [-0.05, 0) is 57.8 Å². The zero-order valence-electron chi connectivity index (χ0n) is 13.5. The van der Waals surface area contributed by atoms with Gasteiger partial charge in [0.2, 0.25) is 0 Å². The van der Waals surface area contributed by atoms with Gasteiger partial charge in [0.15, 0.2) is 0 Å². The molecule has 0 saturated carbocycles. The van der Waals surface area contributed by atoms with Crippen LogP contribution in [0.15, 0.2) is 24.3 Å². The number of piperidine rings is 1. The smallest absolute Gasteiger partial charge is 0.270 e. The van der Waals surface area contributed by atoms with E-state index in [1.54, 1.807) is 12.1 Å². The summed E-state index contributed by atoms with van der Waals surface area (Å²) in [5.74, 6) is 0.561. The first-order valence-corrected chi connectivity index (χ1v) is 8.07. The first-order valence-electron chi connectivity index (χ1n) is 8.07. The number of aryl methyl sites for hydroxylation is 1. The van der Waals surface area contributed by atoms with Crippen molar-refractivity contribution in [2.24, 2.45) is 5.92 Å². The number of nitro benzene ring substituents is 1. The summed E-state index contributed by atoms with van der Waals surface area (Å²) < 4.78 is 0. The zero-order chi connectivity index (χ0) is 16.4. The highest BCUT2D eigenvalue weighted by atomic mass is 16.6. The van der Waals surface area contributed by atoms with Gasteiger partial charge in [-0.2, -0.15) is 0 Å². The third-order valence-corrected chi connectivity index (χ3v) is 4.56. The van der Waals surface area contributed by atoms with Crippen LogP contribution in [0.3, 0.4) is 0 Å². The Bertz CT molecular complexity index is 726. The predicted octanol–water partition coefficient (Wildman–Crippen LogP) is 3.25. The van der Waals surface area contributed by atoms with Gasteiger partial charge in [0, 0.05) is 34.9 Å². The Balaban J connectivity index is 1.94. The zero-order valence-corrected chi connectivity index (χ0v) is 13.5. The van der Waals surface area contributed by atoms with Crippen molar-refractivity contribution >= 4 is 22.3 Å². The molecule has 0 spiro atoms. The van der Waals surface area contributed by atoms with Crippen molar-refractivity contribution < 1.29 is 4.92 Å². The van der Waals surface area contributed by atoms with Crippen molar-refractivity contribution in [3.05, 3.63) is 40.1 Å². The summed E-state index contributed by atoms with van der Waals surface area (Å²) in [6, 6.07) is 7.10. The number of rotatable bonds is 4. The van der Waals surface area contributed by atoms with Gasteiger partial charge in [0.05, 0.1) is 10.4 Å². The summed E-state index contributed by atoms with van der Waals surface area (Å²) >= 11 is 0. The van der Waals surface area contributed by atoms with E-state index in [4.69, 9.17) is 0 Å². The number of hydrogen-bond donors (Lipinski definition) is 2. The molecule has 6 nitrogen and oxygen atoms in total. The molecule has 1 aromatic carbocycles. The molecule has 0 aliphatic carbocycles. The number of pyridine rings is 1. The lowest BCUT2D eigenvalue weighted by Gasteiger charge is -2.30. The van der Waals surface area contributed by atoms with Crippen molar-refractivity contribution in [1.82, 2.24) is 10.3 Å². The van der Waals surface area contributed by atoms with E-state index in [2.05, 4.69) is 22.5 Å². The number of anilines is 1. The molecule has 3 rings (SSSR count). The van der Waals surface area contributed by atoms with E-state index < -0.39 is 0 Å². The monoisotopic (exact) mass is 314 g/mol. The van der Waals surface area contributed by atoms with Crippen LogP contribution in [-0.4, -0.2) is 29.0 Å². The second-order valence-corrected chi connectivity index (χ2v) is 6.31. The molecule has 0 bridgehead atoms. The molecule has 2 unspecified atom stereocenters. The molecule has 0 amide bonds. The molecular weight excluding hydrogens is 292 g/mol. The average Bonchev–Trinajstić information content (AvgIpc) is 2.55. The molecule has 122 valence electrons. The Hall–Kier alpha value is -2.21. The summed E-state index contributed by atoms with van der Waals surface area (Å²) in [5.41, 5.74) is 2.71. The SMILES string of the molecule is Cc1cc(NC(C)C2CCCNC2)c2cc([N+](=O)[O-])ccc2n1. The maximum Gasteiger partial charge on any atom is 0.270 e. The highest BCUT2D eigenvalue weighted by Crippen LogP contribution is 2.29. The van der Waals surface area contributed by atoms with E-state index in [-0.39, 0.29) is 10.6 Å². The Morgan fingerprint density at radius 3 is 2.96 bits per heavy atom. The molecule has 1 aliphatic heterocycles. The number of non-ortho nitro benzene ring substituents is 1. The third-order valence-electron chi connectivity index (χ3n) is 4.56. The van der Waals surface area contributed by atoms with Gasteiger partial charge in [-0.1, -0.05) is 0 Å². The predicted molar refractivity (Wildman–Crippen MR) is 91.8 cm³/mol. The fourth-order valence-corrected chi connectivity index (χ4v) is 3.25. The van der Waals surface area contributed by atoms with Crippen LogP contribution < -0.4 is 10.6 Å². The van der Waals surface area contributed by atoms with Crippen LogP contribution >= 0.6 is 0 Å². The maximum atomic E-state index is 11.0. The van der Waals surface area contributed by atoms with Gasteiger partial charge in [0.1, 0.15) is 0 Å². The highest BCUT2D eigenvalue weighted by Gasteiger charge is 2.21. The van der Waals surface area contributed by atoms with Crippen LogP contribution in [0.1, 0.15) is 25.5 Å². The summed E-state index contributed by atoms with van der Waals surface area (Å²) in [4.78, 5) is 15.2. The number of fused-ring (bicyclic) bond motifs is 1. The van der Waals surface area contributed by atoms with E-state index in [1.807, 2.05) is 13.0 Å². The number of benzene rings is 1. The molecule has 1 saturated heterocycles. The van der Waals surface area contributed by atoms with E-state index in [1.165, 1.54) is 18.9 Å².